The number of rotatable bonds is 0. The second-order valence-corrected chi connectivity index (χ2v) is 5.37. The van der Waals surface area contributed by atoms with Crippen LogP contribution in [0.15, 0.2) is 36.5 Å². The van der Waals surface area contributed by atoms with Crippen LogP contribution in [0.1, 0.15) is 0 Å². The molecule has 0 spiro atoms. The minimum atomic E-state index is 1.13. The number of pyridine rings is 1. The lowest BCUT2D eigenvalue weighted by molar-refractivity contribution is 1.45. The summed E-state index contributed by atoms with van der Waals surface area (Å²) in [5, 5.41) is 2.59. The first kappa shape index (κ1) is 8.61. The molecule has 0 unspecified atom stereocenters. The number of aromatic nitrogens is 1. The Morgan fingerprint density at radius 1 is 1.14 bits per heavy atom. The molecule has 0 bridgehead atoms. The predicted octanol–water partition coefficient (Wildman–Crippen LogP) is 4.05. The van der Waals surface area contributed by atoms with Gasteiger partial charge in [0.2, 0.25) is 0 Å². The molecule has 0 saturated heterocycles. The second-order valence-electron chi connectivity index (χ2n) is 3.10. The lowest BCUT2D eigenvalue weighted by atomic mass is 10.2. The third kappa shape index (κ3) is 1.23. The molecule has 0 fully saturated rings. The zero-order valence-electron chi connectivity index (χ0n) is 7.20. The Kier molecular flexibility index (Phi) is 1.95. The van der Waals surface area contributed by atoms with Crippen LogP contribution in [0.25, 0.3) is 20.3 Å². The van der Waals surface area contributed by atoms with Gasteiger partial charge in [0, 0.05) is 25.2 Å². The summed E-state index contributed by atoms with van der Waals surface area (Å²) in [7, 11) is 0. The van der Waals surface area contributed by atoms with Crippen LogP contribution in [0.5, 0.6) is 0 Å². The molecule has 0 amide bonds. The van der Waals surface area contributed by atoms with E-state index in [1.165, 1.54) is 19.0 Å². The molecule has 0 N–H and O–H groups in total. The Balaban J connectivity index is 2.58. The van der Waals surface area contributed by atoms with Crippen LogP contribution in [-0.2, 0) is 0 Å². The Labute approximate surface area is 98.9 Å². The van der Waals surface area contributed by atoms with E-state index in [-0.39, 0.29) is 0 Å². The van der Waals surface area contributed by atoms with E-state index in [1.54, 1.807) is 11.3 Å². The van der Waals surface area contributed by atoms with Gasteiger partial charge in [-0.1, -0.05) is 0 Å². The number of fused-ring (bicyclic) bond motifs is 3. The second kappa shape index (κ2) is 3.17. The molecule has 0 saturated carbocycles. The van der Waals surface area contributed by atoms with Crippen molar-refractivity contribution >= 4 is 54.2 Å². The quantitative estimate of drug-likeness (QED) is 0.571. The molecule has 2 heterocycles. The molecule has 0 atom stereocenters. The molecule has 3 rings (SSSR count). The van der Waals surface area contributed by atoms with Gasteiger partial charge in [0.05, 0.1) is 0 Å². The molecule has 14 heavy (non-hydrogen) atoms. The van der Waals surface area contributed by atoms with Crippen molar-refractivity contribution in [1.82, 2.24) is 4.98 Å². The van der Waals surface area contributed by atoms with E-state index in [0.717, 1.165) is 4.83 Å². The van der Waals surface area contributed by atoms with Crippen LogP contribution in [0.2, 0.25) is 0 Å². The first-order valence-corrected chi connectivity index (χ1v) is 6.17. The van der Waals surface area contributed by atoms with Crippen molar-refractivity contribution < 1.29 is 0 Å². The fourth-order valence-electron chi connectivity index (χ4n) is 1.58. The molecular formula is C11H6INS. The molecule has 1 nitrogen and oxygen atoms in total. The van der Waals surface area contributed by atoms with E-state index in [2.05, 4.69) is 51.8 Å². The summed E-state index contributed by atoms with van der Waals surface area (Å²) < 4.78 is 2.60. The van der Waals surface area contributed by atoms with Gasteiger partial charge in [-0.05, 0) is 52.9 Å². The van der Waals surface area contributed by atoms with Gasteiger partial charge >= 0.3 is 0 Å². The molecule has 0 aliphatic heterocycles. The van der Waals surface area contributed by atoms with Gasteiger partial charge in [0.25, 0.3) is 0 Å². The van der Waals surface area contributed by atoms with Crippen LogP contribution in [0.4, 0.5) is 0 Å². The Hall–Kier alpha value is -0.680. The van der Waals surface area contributed by atoms with Crippen molar-refractivity contribution in [3.63, 3.8) is 0 Å². The third-order valence-corrected chi connectivity index (χ3v) is 3.98. The first-order chi connectivity index (χ1) is 6.84. The van der Waals surface area contributed by atoms with E-state index in [1.807, 2.05) is 12.3 Å². The summed E-state index contributed by atoms with van der Waals surface area (Å²) in [6.45, 7) is 0. The maximum Gasteiger partial charge on any atom is 0.124 e. The van der Waals surface area contributed by atoms with Crippen molar-refractivity contribution in [3.8, 4) is 0 Å². The average molecular weight is 311 g/mol. The first-order valence-electron chi connectivity index (χ1n) is 4.27. The number of halogens is 1. The molecule has 0 aliphatic carbocycles. The fraction of sp³-hybridized carbons (Fsp3) is 0. The summed E-state index contributed by atoms with van der Waals surface area (Å²) in [5.41, 5.74) is 0. The zero-order valence-corrected chi connectivity index (χ0v) is 10.2. The van der Waals surface area contributed by atoms with Gasteiger partial charge in [0.15, 0.2) is 0 Å². The fourth-order valence-corrected chi connectivity index (χ4v) is 3.10. The van der Waals surface area contributed by atoms with Gasteiger partial charge in [-0.25, -0.2) is 4.98 Å². The summed E-state index contributed by atoms with van der Waals surface area (Å²) >= 11 is 4.10. The van der Waals surface area contributed by atoms with Crippen molar-refractivity contribution in [1.29, 1.82) is 0 Å². The van der Waals surface area contributed by atoms with Gasteiger partial charge in [-0.15, -0.1) is 11.3 Å². The van der Waals surface area contributed by atoms with Gasteiger partial charge in [-0.3, -0.25) is 0 Å². The normalized spacial score (nSPS) is 11.2. The van der Waals surface area contributed by atoms with Crippen molar-refractivity contribution in [2.75, 3.05) is 0 Å². The minimum absolute atomic E-state index is 1.13. The monoisotopic (exact) mass is 311 g/mol. The number of benzene rings is 1. The van der Waals surface area contributed by atoms with E-state index in [9.17, 15) is 0 Å². The van der Waals surface area contributed by atoms with Crippen LogP contribution in [0.3, 0.4) is 0 Å². The molecule has 2 aromatic heterocycles. The standard InChI is InChI=1S/C11H6INS/c12-7-3-4-10-9(6-7)8-2-1-5-13-11(8)14-10/h1-6H. The number of hydrogen-bond acceptors (Lipinski definition) is 2. The molecule has 1 aromatic carbocycles. The van der Waals surface area contributed by atoms with E-state index >= 15 is 0 Å². The molecule has 3 heteroatoms. The number of hydrogen-bond donors (Lipinski definition) is 0. The molecule has 0 radical (unpaired) electrons. The van der Waals surface area contributed by atoms with E-state index in [0.29, 0.717) is 0 Å². The summed E-state index contributed by atoms with van der Waals surface area (Å²) in [5.74, 6) is 0. The highest BCUT2D eigenvalue weighted by atomic mass is 127. The largest absolute Gasteiger partial charge is 0.245 e. The Morgan fingerprint density at radius 2 is 2.07 bits per heavy atom. The molecule has 3 aromatic rings. The van der Waals surface area contributed by atoms with E-state index in [4.69, 9.17) is 0 Å². The van der Waals surface area contributed by atoms with E-state index < -0.39 is 0 Å². The number of thiophene rings is 1. The highest BCUT2D eigenvalue weighted by molar-refractivity contribution is 14.1. The van der Waals surface area contributed by atoms with Crippen LogP contribution in [-0.4, -0.2) is 4.98 Å². The van der Waals surface area contributed by atoms with Crippen LogP contribution >= 0.6 is 33.9 Å². The van der Waals surface area contributed by atoms with Crippen molar-refractivity contribution in [2.24, 2.45) is 0 Å². The summed E-state index contributed by atoms with van der Waals surface area (Å²) in [6, 6.07) is 10.7. The zero-order chi connectivity index (χ0) is 9.54. The Bertz CT molecular complexity index is 615. The topological polar surface area (TPSA) is 12.9 Å². The van der Waals surface area contributed by atoms with Crippen molar-refractivity contribution in [2.45, 2.75) is 0 Å². The van der Waals surface area contributed by atoms with Crippen LogP contribution in [0, 0.1) is 3.57 Å². The lowest BCUT2D eigenvalue weighted by Gasteiger charge is -1.91. The SMILES string of the molecule is Ic1ccc2sc3ncccc3c2c1. The maximum atomic E-state index is 4.36. The molecule has 68 valence electrons. The third-order valence-electron chi connectivity index (χ3n) is 2.21. The summed E-state index contributed by atoms with van der Waals surface area (Å²) in [4.78, 5) is 5.49. The van der Waals surface area contributed by atoms with Gasteiger partial charge < -0.3 is 0 Å². The molecular weight excluding hydrogens is 305 g/mol. The van der Waals surface area contributed by atoms with Crippen molar-refractivity contribution in [3.05, 3.63) is 40.1 Å². The highest BCUT2D eigenvalue weighted by Crippen LogP contribution is 2.32. The van der Waals surface area contributed by atoms with Crippen LogP contribution < -0.4 is 0 Å². The minimum Gasteiger partial charge on any atom is -0.245 e. The average Bonchev–Trinajstić information content (AvgIpc) is 2.56. The smallest absolute Gasteiger partial charge is 0.124 e. The number of nitrogens with zero attached hydrogens (tertiary/aromatic N) is 1. The summed E-state index contributed by atoms with van der Waals surface area (Å²) in [6.07, 6.45) is 1.85. The Morgan fingerprint density at radius 3 is 3.00 bits per heavy atom. The lowest BCUT2D eigenvalue weighted by Crippen LogP contribution is -1.70. The highest BCUT2D eigenvalue weighted by Gasteiger charge is 2.04. The van der Waals surface area contributed by atoms with Gasteiger partial charge in [0.1, 0.15) is 4.83 Å². The maximum absolute atomic E-state index is 4.36. The molecule has 0 aliphatic rings. The predicted molar refractivity (Wildman–Crippen MR) is 69.8 cm³/mol. The van der Waals surface area contributed by atoms with Gasteiger partial charge in [-0.2, -0.15) is 0 Å².